The van der Waals surface area contributed by atoms with E-state index in [1.165, 1.54) is 6.07 Å². The Bertz CT molecular complexity index is 548. The molecule has 0 saturated carbocycles. The zero-order valence-corrected chi connectivity index (χ0v) is 10.6. The van der Waals surface area contributed by atoms with Crippen molar-refractivity contribution in [3.05, 3.63) is 35.8 Å². The molecule has 1 aromatic carbocycles. The third kappa shape index (κ3) is 2.30. The molecule has 4 nitrogen and oxygen atoms in total. The van der Waals surface area contributed by atoms with Crippen LogP contribution in [0.1, 0.15) is 19.0 Å². The number of nitrogens with two attached hydrogens (primary N) is 1. The van der Waals surface area contributed by atoms with Gasteiger partial charge in [-0.05, 0) is 18.6 Å². The van der Waals surface area contributed by atoms with Crippen LogP contribution in [-0.4, -0.2) is 9.78 Å². The molecule has 2 rings (SSSR count). The molecule has 0 aliphatic rings. The van der Waals surface area contributed by atoms with Crippen LogP contribution in [0.4, 0.5) is 21.6 Å². The number of para-hydroxylation sites is 1. The zero-order chi connectivity index (χ0) is 13.1. The highest BCUT2D eigenvalue weighted by atomic mass is 19.1. The fourth-order valence-corrected chi connectivity index (χ4v) is 1.86. The third-order valence-corrected chi connectivity index (χ3v) is 2.77. The maximum atomic E-state index is 13.6. The number of anilines is 3. The minimum Gasteiger partial charge on any atom is -0.394 e. The summed E-state index contributed by atoms with van der Waals surface area (Å²) in [6.45, 7) is 2.07. The maximum Gasteiger partial charge on any atom is 0.152 e. The molecular formula is C13H17FN4. The Labute approximate surface area is 106 Å². The minimum absolute atomic E-state index is 0.310. The first-order valence-electron chi connectivity index (χ1n) is 5.96. The van der Waals surface area contributed by atoms with Crippen molar-refractivity contribution in [2.24, 2.45) is 7.05 Å². The van der Waals surface area contributed by atoms with E-state index in [0.717, 1.165) is 18.5 Å². The number of aromatic nitrogens is 2. The van der Waals surface area contributed by atoms with E-state index < -0.39 is 0 Å². The second kappa shape index (κ2) is 5.08. The summed E-state index contributed by atoms with van der Waals surface area (Å²) in [5.74, 6) is 0.318. The lowest BCUT2D eigenvalue weighted by Crippen LogP contribution is -2.02. The van der Waals surface area contributed by atoms with Crippen molar-refractivity contribution in [1.29, 1.82) is 0 Å². The van der Waals surface area contributed by atoms with E-state index in [1.807, 2.05) is 0 Å². The molecule has 1 aromatic heterocycles. The van der Waals surface area contributed by atoms with Crippen molar-refractivity contribution in [3.63, 3.8) is 0 Å². The van der Waals surface area contributed by atoms with Gasteiger partial charge in [-0.15, -0.1) is 0 Å². The van der Waals surface area contributed by atoms with Gasteiger partial charge >= 0.3 is 0 Å². The Kier molecular flexibility index (Phi) is 3.50. The number of benzene rings is 1. The van der Waals surface area contributed by atoms with E-state index in [0.29, 0.717) is 17.2 Å². The summed E-state index contributed by atoms with van der Waals surface area (Å²) in [6.07, 6.45) is 1.79. The monoisotopic (exact) mass is 248 g/mol. The number of aryl methyl sites for hydroxylation is 2. The number of rotatable bonds is 4. The topological polar surface area (TPSA) is 55.9 Å². The molecule has 3 N–H and O–H groups in total. The Morgan fingerprint density at radius 3 is 2.78 bits per heavy atom. The zero-order valence-electron chi connectivity index (χ0n) is 10.6. The van der Waals surface area contributed by atoms with Crippen molar-refractivity contribution in [2.45, 2.75) is 19.8 Å². The van der Waals surface area contributed by atoms with Crippen molar-refractivity contribution >= 4 is 17.2 Å². The average molecular weight is 248 g/mol. The Morgan fingerprint density at radius 1 is 1.39 bits per heavy atom. The van der Waals surface area contributed by atoms with Crippen LogP contribution in [0.2, 0.25) is 0 Å². The summed E-state index contributed by atoms with van der Waals surface area (Å²) >= 11 is 0. The standard InChI is InChI=1S/C13H17FN4/c1-3-6-11-12(15)13(18(2)17-11)16-10-8-5-4-7-9(10)14/h4-5,7-8,16H,3,6,15H2,1-2H3. The molecule has 2 aromatic rings. The molecule has 1 heterocycles. The number of nitrogens with zero attached hydrogens (tertiary/aromatic N) is 2. The van der Waals surface area contributed by atoms with Crippen LogP contribution in [0, 0.1) is 5.82 Å². The lowest BCUT2D eigenvalue weighted by Gasteiger charge is -2.08. The van der Waals surface area contributed by atoms with Crippen molar-refractivity contribution in [2.75, 3.05) is 11.1 Å². The van der Waals surface area contributed by atoms with E-state index in [1.54, 1.807) is 29.9 Å². The highest BCUT2D eigenvalue weighted by molar-refractivity contribution is 5.71. The van der Waals surface area contributed by atoms with Crippen LogP contribution in [0.5, 0.6) is 0 Å². The number of hydrogen-bond donors (Lipinski definition) is 2. The second-order valence-electron chi connectivity index (χ2n) is 4.19. The molecular weight excluding hydrogens is 231 g/mol. The van der Waals surface area contributed by atoms with Gasteiger partial charge in [0.2, 0.25) is 0 Å². The van der Waals surface area contributed by atoms with E-state index in [9.17, 15) is 4.39 Å². The SMILES string of the molecule is CCCc1nn(C)c(Nc2ccccc2F)c1N. The highest BCUT2D eigenvalue weighted by Gasteiger charge is 2.13. The lowest BCUT2D eigenvalue weighted by molar-refractivity contribution is 0.631. The van der Waals surface area contributed by atoms with E-state index >= 15 is 0 Å². The second-order valence-corrected chi connectivity index (χ2v) is 4.19. The van der Waals surface area contributed by atoms with Crippen LogP contribution in [0.25, 0.3) is 0 Å². The molecule has 0 amide bonds. The summed E-state index contributed by atoms with van der Waals surface area (Å²) in [5.41, 5.74) is 7.85. The number of nitrogens with one attached hydrogen (secondary N) is 1. The van der Waals surface area contributed by atoms with Crippen LogP contribution in [0.3, 0.4) is 0 Å². The smallest absolute Gasteiger partial charge is 0.152 e. The molecule has 0 aliphatic carbocycles. The van der Waals surface area contributed by atoms with Crippen molar-refractivity contribution in [1.82, 2.24) is 9.78 Å². The number of halogens is 1. The largest absolute Gasteiger partial charge is 0.394 e. The number of hydrogen-bond acceptors (Lipinski definition) is 3. The first-order chi connectivity index (χ1) is 8.63. The number of nitrogen functional groups attached to an aromatic ring is 1. The van der Waals surface area contributed by atoms with Crippen LogP contribution >= 0.6 is 0 Å². The normalized spacial score (nSPS) is 10.6. The van der Waals surface area contributed by atoms with Crippen molar-refractivity contribution < 1.29 is 4.39 Å². The van der Waals surface area contributed by atoms with Crippen LogP contribution in [-0.2, 0) is 13.5 Å². The van der Waals surface area contributed by atoms with Gasteiger partial charge in [0.05, 0.1) is 17.1 Å². The highest BCUT2D eigenvalue weighted by Crippen LogP contribution is 2.27. The summed E-state index contributed by atoms with van der Waals surface area (Å²) in [7, 11) is 1.79. The maximum absolute atomic E-state index is 13.6. The molecule has 0 saturated heterocycles. The fraction of sp³-hybridized carbons (Fsp3) is 0.308. The first kappa shape index (κ1) is 12.4. The van der Waals surface area contributed by atoms with Gasteiger partial charge in [-0.3, -0.25) is 4.68 Å². The van der Waals surface area contributed by atoms with Gasteiger partial charge < -0.3 is 11.1 Å². The summed E-state index contributed by atoms with van der Waals surface area (Å²) in [4.78, 5) is 0. The fourth-order valence-electron chi connectivity index (χ4n) is 1.86. The van der Waals surface area contributed by atoms with E-state index in [-0.39, 0.29) is 5.82 Å². The molecule has 96 valence electrons. The summed E-state index contributed by atoms with van der Waals surface area (Å²) in [6, 6.07) is 6.49. The molecule has 0 unspecified atom stereocenters. The molecule has 0 aliphatic heterocycles. The van der Waals surface area contributed by atoms with E-state index in [4.69, 9.17) is 5.73 Å². The van der Waals surface area contributed by atoms with Crippen LogP contribution < -0.4 is 11.1 Å². The van der Waals surface area contributed by atoms with Gasteiger partial charge in [0.15, 0.2) is 5.82 Å². The summed E-state index contributed by atoms with van der Waals surface area (Å²) < 4.78 is 15.2. The van der Waals surface area contributed by atoms with Crippen molar-refractivity contribution in [3.8, 4) is 0 Å². The third-order valence-electron chi connectivity index (χ3n) is 2.77. The average Bonchev–Trinajstić information content (AvgIpc) is 2.60. The predicted molar refractivity (Wildman–Crippen MR) is 71.3 cm³/mol. The van der Waals surface area contributed by atoms with Gasteiger partial charge in [0.25, 0.3) is 0 Å². The van der Waals surface area contributed by atoms with Gasteiger partial charge in [-0.2, -0.15) is 5.10 Å². The molecule has 0 fully saturated rings. The molecule has 0 bridgehead atoms. The minimum atomic E-state index is -0.310. The Balaban J connectivity index is 2.32. The van der Waals surface area contributed by atoms with E-state index in [2.05, 4.69) is 17.3 Å². The Morgan fingerprint density at radius 2 is 2.11 bits per heavy atom. The first-order valence-corrected chi connectivity index (χ1v) is 5.96. The lowest BCUT2D eigenvalue weighted by atomic mass is 10.2. The van der Waals surface area contributed by atoms with Gasteiger partial charge in [-0.1, -0.05) is 25.5 Å². The van der Waals surface area contributed by atoms with Crippen LogP contribution in [0.15, 0.2) is 24.3 Å². The molecule has 0 atom stereocenters. The van der Waals surface area contributed by atoms with Gasteiger partial charge in [0.1, 0.15) is 5.82 Å². The molecule has 18 heavy (non-hydrogen) atoms. The molecule has 0 radical (unpaired) electrons. The van der Waals surface area contributed by atoms with Gasteiger partial charge in [0, 0.05) is 7.05 Å². The molecule has 5 heteroatoms. The quantitative estimate of drug-likeness (QED) is 0.874. The van der Waals surface area contributed by atoms with Gasteiger partial charge in [-0.25, -0.2) is 4.39 Å². The summed E-state index contributed by atoms with van der Waals surface area (Å²) in [5, 5.41) is 7.32. The predicted octanol–water partition coefficient (Wildman–Crippen LogP) is 2.84. The molecule has 0 spiro atoms. The Hall–Kier alpha value is -2.04.